The minimum Gasteiger partial charge on any atom is -0.497 e. The largest absolute Gasteiger partial charge is 0.497 e. The van der Waals surface area contributed by atoms with Crippen molar-refractivity contribution in [1.29, 1.82) is 0 Å². The lowest BCUT2D eigenvalue weighted by molar-refractivity contribution is -0.143. The van der Waals surface area contributed by atoms with Crippen LogP contribution in [-0.2, 0) is 9.59 Å². The summed E-state index contributed by atoms with van der Waals surface area (Å²) in [7, 11) is 1.61. The molecule has 0 radical (unpaired) electrons. The van der Waals surface area contributed by atoms with Gasteiger partial charge >= 0.3 is 5.97 Å². The first-order valence-electron chi connectivity index (χ1n) is 7.55. The Bertz CT molecular complexity index is 496. The van der Waals surface area contributed by atoms with Crippen LogP contribution in [0.4, 0.5) is 0 Å². The van der Waals surface area contributed by atoms with Gasteiger partial charge in [-0.2, -0.15) is 0 Å². The number of hydrogen-bond acceptors (Lipinski definition) is 3. The Morgan fingerprint density at radius 3 is 2.23 bits per heavy atom. The van der Waals surface area contributed by atoms with Crippen LogP contribution in [0.1, 0.15) is 45.1 Å². The second-order valence-electron chi connectivity index (χ2n) is 5.71. The summed E-state index contributed by atoms with van der Waals surface area (Å²) in [6.07, 6.45) is 1.08. The van der Waals surface area contributed by atoms with E-state index in [1.807, 2.05) is 31.2 Å². The summed E-state index contributed by atoms with van der Waals surface area (Å²) in [5, 5.41) is 11.7. The third-order valence-electron chi connectivity index (χ3n) is 3.76. The maximum atomic E-state index is 12.1. The number of ether oxygens (including phenoxy) is 1. The number of amides is 1. The van der Waals surface area contributed by atoms with Crippen LogP contribution in [0, 0.1) is 5.92 Å². The van der Waals surface area contributed by atoms with E-state index in [1.165, 1.54) is 0 Å². The molecule has 22 heavy (non-hydrogen) atoms. The van der Waals surface area contributed by atoms with Gasteiger partial charge in [-0.3, -0.25) is 4.79 Å². The van der Waals surface area contributed by atoms with Crippen molar-refractivity contribution < 1.29 is 19.4 Å². The van der Waals surface area contributed by atoms with Gasteiger partial charge in [0.25, 0.3) is 0 Å². The van der Waals surface area contributed by atoms with E-state index in [4.69, 9.17) is 9.84 Å². The summed E-state index contributed by atoms with van der Waals surface area (Å²) in [5.41, 5.74) is 1.05. The third kappa shape index (κ3) is 5.06. The van der Waals surface area contributed by atoms with E-state index in [9.17, 15) is 9.59 Å². The molecule has 1 aromatic carbocycles. The van der Waals surface area contributed by atoms with E-state index in [2.05, 4.69) is 5.32 Å². The van der Waals surface area contributed by atoms with E-state index in [0.29, 0.717) is 0 Å². The number of rotatable bonds is 8. The Labute approximate surface area is 131 Å². The number of benzene rings is 1. The summed E-state index contributed by atoms with van der Waals surface area (Å²) in [5.74, 6) is -0.548. The molecule has 122 valence electrons. The van der Waals surface area contributed by atoms with Gasteiger partial charge in [-0.15, -0.1) is 0 Å². The van der Waals surface area contributed by atoms with Crippen molar-refractivity contribution in [2.75, 3.05) is 7.11 Å². The molecular formula is C17H25NO4. The highest BCUT2D eigenvalue weighted by Crippen LogP contribution is 2.25. The van der Waals surface area contributed by atoms with Gasteiger partial charge in [0.2, 0.25) is 5.91 Å². The molecule has 0 aliphatic heterocycles. The van der Waals surface area contributed by atoms with Crippen molar-refractivity contribution in [3.63, 3.8) is 0 Å². The molecule has 5 nitrogen and oxygen atoms in total. The molecule has 0 heterocycles. The normalized spacial score (nSPS) is 13.5. The first-order valence-corrected chi connectivity index (χ1v) is 7.55. The Balaban J connectivity index is 2.72. The summed E-state index contributed by atoms with van der Waals surface area (Å²) < 4.78 is 5.12. The van der Waals surface area contributed by atoms with Crippen molar-refractivity contribution in [3.8, 4) is 5.75 Å². The highest BCUT2D eigenvalue weighted by molar-refractivity contribution is 5.84. The molecular weight excluding hydrogens is 282 g/mol. The molecule has 1 amide bonds. The van der Waals surface area contributed by atoms with E-state index < -0.39 is 12.0 Å². The molecule has 0 aliphatic rings. The molecule has 2 atom stereocenters. The van der Waals surface area contributed by atoms with Gasteiger partial charge in [-0.05, 0) is 36.0 Å². The lowest BCUT2D eigenvalue weighted by Gasteiger charge is -2.20. The SMILES string of the molecule is CCC(CC(=O)N[C@H](C(=O)O)C(C)C)c1ccc(OC)cc1. The molecule has 5 heteroatoms. The number of carboxylic acid groups (broad SMARTS) is 1. The van der Waals surface area contributed by atoms with Crippen molar-refractivity contribution in [3.05, 3.63) is 29.8 Å². The molecule has 0 saturated heterocycles. The number of aliphatic carboxylic acids is 1. The first-order chi connectivity index (χ1) is 10.4. The molecule has 0 spiro atoms. The van der Waals surface area contributed by atoms with Crippen LogP contribution >= 0.6 is 0 Å². The highest BCUT2D eigenvalue weighted by atomic mass is 16.5. The lowest BCUT2D eigenvalue weighted by Crippen LogP contribution is -2.44. The average molecular weight is 307 g/mol. The maximum Gasteiger partial charge on any atom is 0.326 e. The van der Waals surface area contributed by atoms with Gasteiger partial charge in [-0.1, -0.05) is 32.9 Å². The number of methoxy groups -OCH3 is 1. The van der Waals surface area contributed by atoms with Gasteiger partial charge < -0.3 is 15.2 Å². The van der Waals surface area contributed by atoms with Crippen LogP contribution in [0.15, 0.2) is 24.3 Å². The lowest BCUT2D eigenvalue weighted by atomic mass is 9.92. The monoisotopic (exact) mass is 307 g/mol. The number of nitrogens with one attached hydrogen (secondary N) is 1. The summed E-state index contributed by atoms with van der Waals surface area (Å²) in [6, 6.07) is 6.77. The van der Waals surface area contributed by atoms with Gasteiger partial charge in [0.15, 0.2) is 0 Å². The molecule has 1 aromatic rings. The number of carboxylic acids is 1. The van der Waals surface area contributed by atoms with Crippen molar-refractivity contribution in [1.82, 2.24) is 5.32 Å². The molecule has 1 unspecified atom stereocenters. The van der Waals surface area contributed by atoms with Gasteiger partial charge in [0.1, 0.15) is 11.8 Å². The number of carbonyl (C=O) groups is 2. The topological polar surface area (TPSA) is 75.6 Å². The van der Waals surface area contributed by atoms with Crippen LogP contribution in [0.25, 0.3) is 0 Å². The van der Waals surface area contributed by atoms with Gasteiger partial charge in [0, 0.05) is 6.42 Å². The van der Waals surface area contributed by atoms with Crippen LogP contribution in [0.3, 0.4) is 0 Å². The predicted molar refractivity (Wildman–Crippen MR) is 85.0 cm³/mol. The first kappa shape index (κ1) is 18.0. The van der Waals surface area contributed by atoms with Crippen molar-refractivity contribution in [2.45, 2.75) is 45.6 Å². The minimum atomic E-state index is -0.999. The average Bonchev–Trinajstić information content (AvgIpc) is 2.49. The number of carbonyl (C=O) groups excluding carboxylic acids is 1. The summed E-state index contributed by atoms with van der Waals surface area (Å²) in [4.78, 5) is 23.3. The van der Waals surface area contributed by atoms with Crippen LogP contribution in [0.5, 0.6) is 5.75 Å². The molecule has 2 N–H and O–H groups in total. The fourth-order valence-corrected chi connectivity index (χ4v) is 2.34. The van der Waals surface area contributed by atoms with Gasteiger partial charge in [-0.25, -0.2) is 4.79 Å². The molecule has 0 aromatic heterocycles. The Hall–Kier alpha value is -2.04. The molecule has 0 bridgehead atoms. The summed E-state index contributed by atoms with van der Waals surface area (Å²) >= 11 is 0. The minimum absolute atomic E-state index is 0.0625. The van der Waals surface area contributed by atoms with Crippen molar-refractivity contribution >= 4 is 11.9 Å². The zero-order valence-corrected chi connectivity index (χ0v) is 13.6. The quantitative estimate of drug-likeness (QED) is 0.774. The molecule has 1 rings (SSSR count). The summed E-state index contributed by atoms with van der Waals surface area (Å²) in [6.45, 7) is 5.57. The second kappa shape index (κ2) is 8.41. The van der Waals surface area contributed by atoms with E-state index >= 15 is 0 Å². The van der Waals surface area contributed by atoms with E-state index in [0.717, 1.165) is 17.7 Å². The Kier molecular flexibility index (Phi) is 6.89. The molecule has 0 fully saturated rings. The maximum absolute atomic E-state index is 12.1. The fraction of sp³-hybridized carbons (Fsp3) is 0.529. The van der Waals surface area contributed by atoms with Crippen molar-refractivity contribution in [2.24, 2.45) is 5.92 Å². The fourth-order valence-electron chi connectivity index (χ4n) is 2.34. The van der Waals surface area contributed by atoms with Crippen LogP contribution in [-0.4, -0.2) is 30.1 Å². The third-order valence-corrected chi connectivity index (χ3v) is 3.76. The zero-order chi connectivity index (χ0) is 16.7. The zero-order valence-electron chi connectivity index (χ0n) is 13.6. The second-order valence-corrected chi connectivity index (χ2v) is 5.71. The van der Waals surface area contributed by atoms with E-state index in [1.54, 1.807) is 21.0 Å². The smallest absolute Gasteiger partial charge is 0.326 e. The van der Waals surface area contributed by atoms with E-state index in [-0.39, 0.29) is 24.2 Å². The number of hydrogen-bond donors (Lipinski definition) is 2. The highest BCUT2D eigenvalue weighted by Gasteiger charge is 2.24. The molecule has 0 aliphatic carbocycles. The predicted octanol–water partition coefficient (Wildman–Crippen LogP) is 2.80. The van der Waals surface area contributed by atoms with Gasteiger partial charge in [0.05, 0.1) is 7.11 Å². The Morgan fingerprint density at radius 1 is 1.23 bits per heavy atom. The standard InChI is InChI=1S/C17H25NO4/c1-5-12(13-6-8-14(22-4)9-7-13)10-15(19)18-16(11(2)3)17(20)21/h6-9,11-12,16H,5,10H2,1-4H3,(H,18,19)(H,20,21)/t12?,16-/m0/s1. The molecule has 0 saturated carbocycles. The van der Waals surface area contributed by atoms with Crippen LogP contribution in [0.2, 0.25) is 0 Å². The Morgan fingerprint density at radius 2 is 1.82 bits per heavy atom. The van der Waals surface area contributed by atoms with Crippen LogP contribution < -0.4 is 10.1 Å².